The smallest absolute Gasteiger partial charge is 0.178 e. The van der Waals surface area contributed by atoms with Gasteiger partial charge in [0.15, 0.2) is 6.29 Å². The van der Waals surface area contributed by atoms with E-state index in [0.717, 1.165) is 12.0 Å². The van der Waals surface area contributed by atoms with E-state index in [4.69, 9.17) is 14.9 Å². The molecule has 0 fully saturated rings. The Labute approximate surface area is 171 Å². The van der Waals surface area contributed by atoms with E-state index in [1.165, 1.54) is 10.5 Å². The molecule has 0 aliphatic carbocycles. The SMILES string of the molecule is CCC(=CC=CC(O)(CC)CC)c1cc(COc2ccc(C(O)O)cc2)cs1. The van der Waals surface area contributed by atoms with Crippen LogP contribution in [0.1, 0.15) is 62.3 Å². The molecular formula is C23H30O4S. The Morgan fingerprint density at radius 1 is 1.14 bits per heavy atom. The molecule has 4 nitrogen and oxygen atoms in total. The average Bonchev–Trinajstić information content (AvgIpc) is 3.18. The van der Waals surface area contributed by atoms with Crippen LogP contribution in [0, 0.1) is 0 Å². The van der Waals surface area contributed by atoms with Crippen LogP contribution in [0.15, 0.2) is 53.9 Å². The van der Waals surface area contributed by atoms with Crippen LogP contribution in [0.25, 0.3) is 5.57 Å². The summed E-state index contributed by atoms with van der Waals surface area (Å²) in [4.78, 5) is 1.20. The first-order valence-electron chi connectivity index (χ1n) is 9.68. The molecule has 0 saturated carbocycles. The van der Waals surface area contributed by atoms with Gasteiger partial charge < -0.3 is 20.1 Å². The van der Waals surface area contributed by atoms with Crippen LogP contribution in [-0.2, 0) is 6.61 Å². The molecule has 0 unspecified atom stereocenters. The molecule has 0 amide bonds. The zero-order valence-corrected chi connectivity index (χ0v) is 17.6. The Balaban J connectivity index is 2.01. The predicted octanol–water partition coefficient (Wildman–Crippen LogP) is 5.21. The number of hydrogen-bond acceptors (Lipinski definition) is 5. The Morgan fingerprint density at radius 2 is 1.82 bits per heavy atom. The highest BCUT2D eigenvalue weighted by atomic mass is 32.1. The van der Waals surface area contributed by atoms with Crippen LogP contribution >= 0.6 is 11.3 Å². The molecule has 0 aliphatic heterocycles. The minimum Gasteiger partial charge on any atom is -0.489 e. The topological polar surface area (TPSA) is 69.9 Å². The van der Waals surface area contributed by atoms with Crippen LogP contribution in [0.2, 0.25) is 0 Å². The number of aliphatic hydroxyl groups excluding tert-OH is 1. The predicted molar refractivity (Wildman–Crippen MR) is 115 cm³/mol. The van der Waals surface area contributed by atoms with Gasteiger partial charge in [0, 0.05) is 16.0 Å². The van der Waals surface area contributed by atoms with Gasteiger partial charge in [0.2, 0.25) is 0 Å². The Morgan fingerprint density at radius 3 is 2.39 bits per heavy atom. The van der Waals surface area contributed by atoms with E-state index in [0.29, 0.717) is 30.8 Å². The Kier molecular flexibility index (Phi) is 8.45. The third kappa shape index (κ3) is 6.31. The summed E-state index contributed by atoms with van der Waals surface area (Å²) in [6.07, 6.45) is 6.76. The van der Waals surface area contributed by atoms with Crippen molar-refractivity contribution in [1.29, 1.82) is 0 Å². The molecule has 2 rings (SSSR count). The Bertz CT molecular complexity index is 783. The molecule has 0 saturated heterocycles. The lowest BCUT2D eigenvalue weighted by Crippen LogP contribution is -2.22. The molecule has 1 heterocycles. The van der Waals surface area contributed by atoms with Crippen molar-refractivity contribution in [2.45, 2.75) is 58.5 Å². The maximum Gasteiger partial charge on any atom is 0.178 e. The van der Waals surface area contributed by atoms with E-state index in [1.807, 2.05) is 26.0 Å². The second-order valence-electron chi connectivity index (χ2n) is 6.77. The number of thiophene rings is 1. The highest BCUT2D eigenvalue weighted by Crippen LogP contribution is 2.27. The molecule has 28 heavy (non-hydrogen) atoms. The number of benzene rings is 1. The van der Waals surface area contributed by atoms with E-state index in [2.05, 4.69) is 24.4 Å². The van der Waals surface area contributed by atoms with Gasteiger partial charge in [0.05, 0.1) is 5.60 Å². The van der Waals surface area contributed by atoms with Gasteiger partial charge in [-0.3, -0.25) is 0 Å². The summed E-state index contributed by atoms with van der Waals surface area (Å²) in [5.74, 6) is 0.685. The molecule has 2 aromatic rings. The summed E-state index contributed by atoms with van der Waals surface area (Å²) in [5.41, 5.74) is 2.02. The number of hydrogen-bond donors (Lipinski definition) is 3. The van der Waals surface area contributed by atoms with Crippen LogP contribution < -0.4 is 4.74 Å². The van der Waals surface area contributed by atoms with Crippen molar-refractivity contribution in [2.24, 2.45) is 0 Å². The number of allylic oxidation sites excluding steroid dienone is 3. The summed E-state index contributed by atoms with van der Waals surface area (Å²) in [7, 11) is 0. The van der Waals surface area contributed by atoms with Gasteiger partial charge in [-0.1, -0.05) is 51.1 Å². The Hall–Kier alpha value is -1.92. The lowest BCUT2D eigenvalue weighted by molar-refractivity contribution is -0.0425. The summed E-state index contributed by atoms with van der Waals surface area (Å²) >= 11 is 1.68. The first-order valence-corrected chi connectivity index (χ1v) is 10.6. The van der Waals surface area contributed by atoms with Crippen molar-refractivity contribution in [3.63, 3.8) is 0 Å². The number of ether oxygens (including phenoxy) is 1. The van der Waals surface area contributed by atoms with Gasteiger partial charge in [0.1, 0.15) is 12.4 Å². The van der Waals surface area contributed by atoms with Crippen molar-refractivity contribution >= 4 is 16.9 Å². The van der Waals surface area contributed by atoms with E-state index in [9.17, 15) is 5.11 Å². The summed E-state index contributed by atoms with van der Waals surface area (Å²) in [6, 6.07) is 8.86. The van der Waals surface area contributed by atoms with Crippen molar-refractivity contribution < 1.29 is 20.1 Å². The maximum absolute atomic E-state index is 10.4. The van der Waals surface area contributed by atoms with Crippen molar-refractivity contribution in [2.75, 3.05) is 0 Å². The van der Waals surface area contributed by atoms with E-state index in [-0.39, 0.29) is 0 Å². The lowest BCUT2D eigenvalue weighted by atomic mass is 9.97. The van der Waals surface area contributed by atoms with Crippen molar-refractivity contribution in [1.82, 2.24) is 0 Å². The van der Waals surface area contributed by atoms with E-state index >= 15 is 0 Å². The minimum atomic E-state index is -1.47. The fourth-order valence-corrected chi connectivity index (χ4v) is 3.72. The minimum absolute atomic E-state index is 0.439. The van der Waals surface area contributed by atoms with Crippen molar-refractivity contribution in [3.05, 3.63) is 69.9 Å². The largest absolute Gasteiger partial charge is 0.489 e. The standard InChI is InChI=1S/C23H30O4S/c1-4-18(8-7-13-23(26,5-2)6-3)21-14-17(16-28-21)15-27-20-11-9-19(10-12-20)22(24)25/h7-14,16,22,24-26H,4-6,15H2,1-3H3. The molecule has 0 aliphatic rings. The third-order valence-electron chi connectivity index (χ3n) is 4.86. The van der Waals surface area contributed by atoms with Crippen LogP contribution in [0.5, 0.6) is 5.75 Å². The molecule has 0 radical (unpaired) electrons. The quantitative estimate of drug-likeness (QED) is 0.377. The first-order chi connectivity index (χ1) is 13.4. The van der Waals surface area contributed by atoms with Crippen LogP contribution in [0.4, 0.5) is 0 Å². The molecule has 0 bridgehead atoms. The zero-order valence-electron chi connectivity index (χ0n) is 16.8. The summed E-state index contributed by atoms with van der Waals surface area (Å²) in [6.45, 7) is 6.56. The number of rotatable bonds is 10. The van der Waals surface area contributed by atoms with Gasteiger partial charge in [-0.15, -0.1) is 11.3 Å². The highest BCUT2D eigenvalue weighted by Gasteiger charge is 2.16. The lowest BCUT2D eigenvalue weighted by Gasteiger charge is -2.19. The zero-order chi connectivity index (χ0) is 20.6. The monoisotopic (exact) mass is 402 g/mol. The summed E-state index contributed by atoms with van der Waals surface area (Å²) < 4.78 is 5.79. The van der Waals surface area contributed by atoms with Crippen LogP contribution in [-0.4, -0.2) is 20.9 Å². The molecule has 1 aromatic heterocycles. The van der Waals surface area contributed by atoms with Gasteiger partial charge in [-0.25, -0.2) is 0 Å². The highest BCUT2D eigenvalue weighted by molar-refractivity contribution is 7.11. The molecule has 0 spiro atoms. The molecule has 0 atom stereocenters. The average molecular weight is 403 g/mol. The second-order valence-corrected chi connectivity index (χ2v) is 7.68. The van der Waals surface area contributed by atoms with E-state index in [1.54, 1.807) is 35.6 Å². The molecule has 5 heteroatoms. The normalized spacial score (nSPS) is 12.9. The van der Waals surface area contributed by atoms with Gasteiger partial charge in [0.25, 0.3) is 0 Å². The summed E-state index contributed by atoms with van der Waals surface area (Å²) in [5, 5.41) is 30.7. The third-order valence-corrected chi connectivity index (χ3v) is 5.92. The van der Waals surface area contributed by atoms with Crippen LogP contribution in [0.3, 0.4) is 0 Å². The molecule has 1 aromatic carbocycles. The van der Waals surface area contributed by atoms with Gasteiger partial charge in [-0.05, 0) is 48.4 Å². The fraction of sp³-hybridized carbons (Fsp3) is 0.391. The van der Waals surface area contributed by atoms with Gasteiger partial charge >= 0.3 is 0 Å². The second kappa shape index (κ2) is 10.6. The van der Waals surface area contributed by atoms with Gasteiger partial charge in [-0.2, -0.15) is 0 Å². The molecule has 3 N–H and O–H groups in total. The molecule has 152 valence electrons. The fourth-order valence-electron chi connectivity index (χ4n) is 2.73. The first kappa shape index (κ1) is 22.4. The maximum atomic E-state index is 10.4. The number of aliphatic hydroxyl groups is 3. The van der Waals surface area contributed by atoms with E-state index < -0.39 is 11.9 Å². The molecular weight excluding hydrogens is 372 g/mol. The van der Waals surface area contributed by atoms with Crippen molar-refractivity contribution in [3.8, 4) is 5.75 Å².